The topological polar surface area (TPSA) is 87.0 Å². The van der Waals surface area contributed by atoms with Gasteiger partial charge in [-0.1, -0.05) is 13.8 Å². The van der Waals surface area contributed by atoms with Crippen LogP contribution in [0, 0.1) is 11.3 Å². The molecular formula is C15H22O5. The van der Waals surface area contributed by atoms with Crippen LogP contribution < -0.4 is 0 Å². The fraction of sp³-hybridized carbons (Fsp3) is 0.800. The van der Waals surface area contributed by atoms with Crippen molar-refractivity contribution in [2.24, 2.45) is 11.3 Å². The second kappa shape index (κ2) is 3.84. The first-order chi connectivity index (χ1) is 9.14. The molecule has 0 aromatic carbocycles. The summed E-state index contributed by atoms with van der Waals surface area (Å²) in [4.78, 5) is 11.7. The molecule has 0 saturated heterocycles. The smallest absolute Gasteiger partial charge is 0.336 e. The van der Waals surface area contributed by atoms with Crippen LogP contribution in [0.1, 0.15) is 46.5 Å². The number of hydrogen-bond acceptors (Lipinski definition) is 5. The normalized spacial score (nSPS) is 51.6. The molecule has 5 nitrogen and oxygen atoms in total. The summed E-state index contributed by atoms with van der Waals surface area (Å²) in [7, 11) is 0. The van der Waals surface area contributed by atoms with Gasteiger partial charge < -0.3 is 20.1 Å². The number of hydrogen-bond donors (Lipinski definition) is 3. The molecule has 1 aliphatic heterocycles. The molecule has 0 radical (unpaired) electrons. The SMILES string of the molecule is CC1=C2C[C@]3(C)[C@@H](C)CC[C@@H](O)[C@@]3(O)C[C@@]2(O)OC1=O. The van der Waals surface area contributed by atoms with Gasteiger partial charge in [0, 0.05) is 23.0 Å². The quantitative estimate of drug-likeness (QED) is 0.574. The van der Waals surface area contributed by atoms with Crippen LogP contribution in [0.5, 0.6) is 0 Å². The summed E-state index contributed by atoms with van der Waals surface area (Å²) in [6, 6.07) is 0. The number of fused-ring (bicyclic) bond motifs is 2. The highest BCUT2D eigenvalue weighted by Crippen LogP contribution is 2.61. The van der Waals surface area contributed by atoms with E-state index in [1.54, 1.807) is 6.92 Å². The zero-order chi connectivity index (χ0) is 14.9. The Morgan fingerprint density at radius 2 is 1.95 bits per heavy atom. The molecule has 2 aliphatic carbocycles. The van der Waals surface area contributed by atoms with Gasteiger partial charge in [0.15, 0.2) is 0 Å². The molecule has 2 saturated carbocycles. The number of carbonyl (C=O) groups is 1. The van der Waals surface area contributed by atoms with E-state index in [2.05, 4.69) is 6.92 Å². The maximum absolute atomic E-state index is 11.7. The number of ether oxygens (including phenoxy) is 1. The summed E-state index contributed by atoms with van der Waals surface area (Å²) >= 11 is 0. The molecule has 2 fully saturated rings. The third kappa shape index (κ3) is 1.46. The maximum atomic E-state index is 11.7. The lowest BCUT2D eigenvalue weighted by Gasteiger charge is -2.59. The lowest BCUT2D eigenvalue weighted by molar-refractivity contribution is -0.274. The highest BCUT2D eigenvalue weighted by molar-refractivity contribution is 5.92. The average molecular weight is 282 g/mol. The lowest BCUT2D eigenvalue weighted by atomic mass is 9.50. The highest BCUT2D eigenvalue weighted by Gasteiger charge is 2.67. The van der Waals surface area contributed by atoms with Crippen LogP contribution in [0.2, 0.25) is 0 Å². The van der Waals surface area contributed by atoms with Gasteiger partial charge in [0.1, 0.15) is 5.60 Å². The largest absolute Gasteiger partial charge is 0.426 e. The molecule has 20 heavy (non-hydrogen) atoms. The summed E-state index contributed by atoms with van der Waals surface area (Å²) in [5.74, 6) is -2.10. The second-order valence-corrected chi connectivity index (χ2v) is 6.97. The fourth-order valence-electron chi connectivity index (χ4n) is 4.27. The third-order valence-electron chi connectivity index (χ3n) is 6.05. The lowest BCUT2D eigenvalue weighted by Crippen LogP contribution is -2.67. The van der Waals surface area contributed by atoms with E-state index >= 15 is 0 Å². The molecule has 0 spiro atoms. The molecule has 112 valence electrons. The Balaban J connectivity index is 2.12. The van der Waals surface area contributed by atoms with Gasteiger partial charge in [-0.2, -0.15) is 0 Å². The van der Waals surface area contributed by atoms with Crippen LogP contribution >= 0.6 is 0 Å². The molecule has 3 rings (SSSR count). The standard InChI is InChI=1S/C15H22O5/c1-8-4-5-11(16)14(18)7-15(19)10(6-13(8,14)3)9(2)12(17)20-15/h8,11,16,18-19H,4-7H2,1-3H3/t8-,11+,13+,14-,15+/m0/s1. The van der Waals surface area contributed by atoms with Gasteiger partial charge in [0.05, 0.1) is 6.10 Å². The van der Waals surface area contributed by atoms with Crippen molar-refractivity contribution in [2.45, 2.75) is 63.9 Å². The van der Waals surface area contributed by atoms with Crippen LogP contribution in [0.3, 0.4) is 0 Å². The molecule has 0 unspecified atom stereocenters. The van der Waals surface area contributed by atoms with Gasteiger partial charge in [-0.3, -0.25) is 0 Å². The minimum atomic E-state index is -1.76. The number of carbonyl (C=O) groups excluding carboxylic acids is 1. The Bertz CT molecular complexity index is 512. The van der Waals surface area contributed by atoms with E-state index in [0.29, 0.717) is 24.0 Å². The van der Waals surface area contributed by atoms with Crippen molar-refractivity contribution in [1.29, 1.82) is 0 Å². The van der Waals surface area contributed by atoms with Crippen LogP contribution in [0.25, 0.3) is 0 Å². The number of rotatable bonds is 0. The van der Waals surface area contributed by atoms with Gasteiger partial charge in [0.2, 0.25) is 5.79 Å². The molecule has 3 aliphatic rings. The number of esters is 1. The van der Waals surface area contributed by atoms with Gasteiger partial charge in [-0.25, -0.2) is 4.79 Å². The summed E-state index contributed by atoms with van der Waals surface area (Å²) < 4.78 is 5.08. The number of aliphatic hydroxyl groups is 3. The highest BCUT2D eigenvalue weighted by atomic mass is 16.7. The Kier molecular flexibility index (Phi) is 2.70. The van der Waals surface area contributed by atoms with E-state index < -0.39 is 28.9 Å². The molecule has 5 atom stereocenters. The monoisotopic (exact) mass is 282 g/mol. The Morgan fingerprint density at radius 1 is 1.30 bits per heavy atom. The minimum absolute atomic E-state index is 0.152. The zero-order valence-corrected chi connectivity index (χ0v) is 12.1. The third-order valence-corrected chi connectivity index (χ3v) is 6.05. The Hall–Kier alpha value is -0.910. The van der Waals surface area contributed by atoms with Crippen molar-refractivity contribution in [2.75, 3.05) is 0 Å². The molecule has 0 amide bonds. The minimum Gasteiger partial charge on any atom is -0.426 e. The molecule has 3 N–H and O–H groups in total. The van der Waals surface area contributed by atoms with Crippen molar-refractivity contribution >= 4 is 5.97 Å². The molecule has 0 bridgehead atoms. The van der Waals surface area contributed by atoms with Crippen molar-refractivity contribution in [3.63, 3.8) is 0 Å². The molecular weight excluding hydrogens is 260 g/mol. The fourth-order valence-corrected chi connectivity index (χ4v) is 4.27. The summed E-state index contributed by atoms with van der Waals surface area (Å²) in [5, 5.41) is 31.9. The molecule has 0 aromatic rings. The summed E-state index contributed by atoms with van der Waals surface area (Å²) in [6.45, 7) is 5.63. The summed E-state index contributed by atoms with van der Waals surface area (Å²) in [5.41, 5.74) is -1.01. The average Bonchev–Trinajstić information content (AvgIpc) is 2.56. The van der Waals surface area contributed by atoms with Crippen molar-refractivity contribution < 1.29 is 24.9 Å². The Morgan fingerprint density at radius 3 is 2.60 bits per heavy atom. The molecule has 1 heterocycles. The van der Waals surface area contributed by atoms with Gasteiger partial charge in [-0.15, -0.1) is 0 Å². The van der Waals surface area contributed by atoms with Crippen LogP contribution in [-0.2, 0) is 9.53 Å². The first kappa shape index (κ1) is 14.0. The zero-order valence-electron chi connectivity index (χ0n) is 12.1. The van der Waals surface area contributed by atoms with Gasteiger partial charge in [0.25, 0.3) is 0 Å². The van der Waals surface area contributed by atoms with Crippen LogP contribution in [-0.4, -0.2) is 38.8 Å². The van der Waals surface area contributed by atoms with E-state index in [9.17, 15) is 20.1 Å². The predicted octanol–water partition coefficient (Wildman–Crippen LogP) is 0.870. The van der Waals surface area contributed by atoms with E-state index in [1.807, 2.05) is 6.92 Å². The maximum Gasteiger partial charge on any atom is 0.336 e. The Labute approximate surface area is 118 Å². The summed E-state index contributed by atoms with van der Waals surface area (Å²) in [6.07, 6.45) is 0.624. The predicted molar refractivity (Wildman–Crippen MR) is 70.4 cm³/mol. The van der Waals surface area contributed by atoms with Gasteiger partial charge >= 0.3 is 5.97 Å². The van der Waals surface area contributed by atoms with Gasteiger partial charge in [-0.05, 0) is 32.1 Å². The number of aliphatic hydroxyl groups excluding tert-OH is 1. The first-order valence-electron chi connectivity index (χ1n) is 7.20. The van der Waals surface area contributed by atoms with Crippen LogP contribution in [0.4, 0.5) is 0 Å². The van der Waals surface area contributed by atoms with Crippen molar-refractivity contribution in [1.82, 2.24) is 0 Å². The molecule has 0 aromatic heterocycles. The van der Waals surface area contributed by atoms with E-state index in [1.165, 1.54) is 0 Å². The van der Waals surface area contributed by atoms with Crippen LogP contribution in [0.15, 0.2) is 11.1 Å². The van der Waals surface area contributed by atoms with E-state index in [-0.39, 0.29) is 12.3 Å². The van der Waals surface area contributed by atoms with Crippen molar-refractivity contribution in [3.8, 4) is 0 Å². The first-order valence-corrected chi connectivity index (χ1v) is 7.20. The van der Waals surface area contributed by atoms with Crippen molar-refractivity contribution in [3.05, 3.63) is 11.1 Å². The van der Waals surface area contributed by atoms with E-state index in [4.69, 9.17) is 4.74 Å². The second-order valence-electron chi connectivity index (χ2n) is 6.97. The van der Waals surface area contributed by atoms with E-state index in [0.717, 1.165) is 6.42 Å². The molecule has 5 heteroatoms.